The van der Waals surface area contributed by atoms with Gasteiger partial charge in [0.25, 0.3) is 5.56 Å². The summed E-state index contributed by atoms with van der Waals surface area (Å²) in [6.45, 7) is 9.05. The molecule has 0 radical (unpaired) electrons. The van der Waals surface area contributed by atoms with Crippen molar-refractivity contribution < 1.29 is 9.53 Å². The largest absolute Gasteiger partial charge is 0.444 e. The number of carbonyl (C=O) groups excluding carboxylic acids is 1. The molecular formula is C19H24N4O3. The number of nitrogen functional groups attached to an aromatic ring is 1. The fourth-order valence-corrected chi connectivity index (χ4v) is 2.41. The van der Waals surface area contributed by atoms with Gasteiger partial charge >= 0.3 is 6.09 Å². The van der Waals surface area contributed by atoms with Crippen LogP contribution in [0.1, 0.15) is 38.9 Å². The third-order valence-electron chi connectivity index (χ3n) is 3.52. The van der Waals surface area contributed by atoms with Gasteiger partial charge in [-0.1, -0.05) is 24.3 Å². The fraction of sp³-hybridized carbons (Fsp3) is 0.316. The quantitative estimate of drug-likeness (QED) is 0.563. The molecule has 0 saturated carbocycles. The highest BCUT2D eigenvalue weighted by Crippen LogP contribution is 2.25. The van der Waals surface area contributed by atoms with E-state index in [0.29, 0.717) is 28.9 Å². The summed E-state index contributed by atoms with van der Waals surface area (Å²) in [4.78, 5) is 24.3. The van der Waals surface area contributed by atoms with Gasteiger partial charge in [-0.25, -0.2) is 9.89 Å². The SMILES string of the molecule is C=CC[C@H](NC(=O)OC(C)(C)C)c1cc(-c2ccccc2N)c(=O)[nH]n1. The van der Waals surface area contributed by atoms with Crippen molar-refractivity contribution in [3.05, 3.63) is 59.0 Å². The lowest BCUT2D eigenvalue weighted by Gasteiger charge is -2.23. The maximum absolute atomic E-state index is 12.2. The molecule has 138 valence electrons. The van der Waals surface area contributed by atoms with Crippen molar-refractivity contribution in [1.82, 2.24) is 15.5 Å². The second kappa shape index (κ2) is 7.86. The molecule has 0 aliphatic rings. The van der Waals surface area contributed by atoms with Crippen LogP contribution < -0.4 is 16.6 Å². The Balaban J connectivity index is 2.37. The van der Waals surface area contributed by atoms with Crippen molar-refractivity contribution in [1.29, 1.82) is 0 Å². The predicted octanol–water partition coefficient (Wildman–Crippen LogP) is 3.16. The molecule has 1 aromatic heterocycles. The molecule has 4 N–H and O–H groups in total. The molecule has 0 bridgehead atoms. The van der Waals surface area contributed by atoms with Crippen LogP contribution in [0, 0.1) is 0 Å². The molecule has 1 amide bonds. The molecule has 0 unspecified atom stereocenters. The number of alkyl carbamates (subject to hydrolysis) is 1. The zero-order valence-electron chi connectivity index (χ0n) is 15.2. The van der Waals surface area contributed by atoms with Crippen LogP contribution >= 0.6 is 0 Å². The molecule has 26 heavy (non-hydrogen) atoms. The maximum atomic E-state index is 12.2. The first kappa shape index (κ1) is 19.2. The lowest BCUT2D eigenvalue weighted by Crippen LogP contribution is -2.35. The first-order chi connectivity index (χ1) is 12.2. The van der Waals surface area contributed by atoms with E-state index in [1.165, 1.54) is 0 Å². The van der Waals surface area contributed by atoms with Gasteiger partial charge in [0.05, 0.1) is 17.3 Å². The van der Waals surface area contributed by atoms with Crippen LogP contribution in [-0.4, -0.2) is 21.9 Å². The number of nitrogens with zero attached hydrogens (tertiary/aromatic N) is 1. The Hall–Kier alpha value is -3.09. The summed E-state index contributed by atoms with van der Waals surface area (Å²) in [6, 6.07) is 8.19. The number of rotatable bonds is 5. The average Bonchev–Trinajstić information content (AvgIpc) is 2.54. The van der Waals surface area contributed by atoms with Crippen molar-refractivity contribution >= 4 is 11.8 Å². The minimum Gasteiger partial charge on any atom is -0.444 e. The number of nitrogens with two attached hydrogens (primary N) is 1. The molecule has 7 heteroatoms. The van der Waals surface area contributed by atoms with Crippen LogP contribution in [0.25, 0.3) is 11.1 Å². The topological polar surface area (TPSA) is 110 Å². The molecule has 0 aliphatic heterocycles. The van der Waals surface area contributed by atoms with Gasteiger partial charge in [-0.05, 0) is 39.3 Å². The number of hydrogen-bond donors (Lipinski definition) is 3. The van der Waals surface area contributed by atoms with Gasteiger partial charge in [-0.15, -0.1) is 6.58 Å². The molecule has 0 aliphatic carbocycles. The highest BCUT2D eigenvalue weighted by molar-refractivity contribution is 5.75. The number of carbonyl (C=O) groups is 1. The van der Waals surface area contributed by atoms with Crippen molar-refractivity contribution in [2.75, 3.05) is 5.73 Å². The van der Waals surface area contributed by atoms with E-state index in [0.717, 1.165) is 0 Å². The van der Waals surface area contributed by atoms with Crippen molar-refractivity contribution in [3.63, 3.8) is 0 Å². The van der Waals surface area contributed by atoms with E-state index in [9.17, 15) is 9.59 Å². The van der Waals surface area contributed by atoms with Crippen LogP contribution in [0.2, 0.25) is 0 Å². The van der Waals surface area contributed by atoms with E-state index >= 15 is 0 Å². The molecule has 1 heterocycles. The predicted molar refractivity (Wildman–Crippen MR) is 102 cm³/mol. The Kier molecular flexibility index (Phi) is 5.82. The first-order valence-electron chi connectivity index (χ1n) is 8.26. The van der Waals surface area contributed by atoms with Crippen molar-refractivity contribution in [3.8, 4) is 11.1 Å². The monoisotopic (exact) mass is 356 g/mol. The number of anilines is 1. The standard InChI is InChI=1S/C19H24N4O3/c1-5-8-15(21-18(25)26-19(2,3)4)16-11-13(17(24)23-22-16)12-9-6-7-10-14(12)20/h5-7,9-11,15H,1,8,20H2,2-4H3,(H,21,25)(H,23,24)/t15-/m0/s1. The highest BCUT2D eigenvalue weighted by atomic mass is 16.6. The average molecular weight is 356 g/mol. The van der Waals surface area contributed by atoms with E-state index in [-0.39, 0.29) is 5.56 Å². The molecule has 0 spiro atoms. The number of H-pyrrole nitrogens is 1. The first-order valence-corrected chi connectivity index (χ1v) is 8.26. The van der Waals surface area contributed by atoms with E-state index in [2.05, 4.69) is 22.1 Å². The van der Waals surface area contributed by atoms with Gasteiger partial charge in [-0.3, -0.25) is 4.79 Å². The smallest absolute Gasteiger partial charge is 0.408 e. The third-order valence-corrected chi connectivity index (χ3v) is 3.52. The number of ether oxygens (including phenoxy) is 1. The van der Waals surface area contributed by atoms with E-state index in [1.807, 2.05) is 0 Å². The number of hydrogen-bond acceptors (Lipinski definition) is 5. The molecule has 0 saturated heterocycles. The number of nitrogens with one attached hydrogen (secondary N) is 2. The lowest BCUT2D eigenvalue weighted by molar-refractivity contribution is 0.0502. The van der Waals surface area contributed by atoms with Crippen molar-refractivity contribution in [2.24, 2.45) is 0 Å². The Bertz CT molecular complexity index is 852. The third kappa shape index (κ3) is 4.95. The fourth-order valence-electron chi connectivity index (χ4n) is 2.41. The summed E-state index contributed by atoms with van der Waals surface area (Å²) < 4.78 is 5.29. The van der Waals surface area contributed by atoms with E-state index in [1.54, 1.807) is 57.2 Å². The molecule has 1 atom stereocenters. The van der Waals surface area contributed by atoms with Crippen LogP contribution in [0.5, 0.6) is 0 Å². The number of para-hydroxylation sites is 1. The molecule has 7 nitrogen and oxygen atoms in total. The second-order valence-electron chi connectivity index (χ2n) is 6.85. The van der Waals surface area contributed by atoms with Crippen LogP contribution in [0.15, 0.2) is 47.8 Å². The van der Waals surface area contributed by atoms with Gasteiger partial charge in [0.1, 0.15) is 5.60 Å². The Labute approximate surface area is 152 Å². The maximum Gasteiger partial charge on any atom is 0.408 e. The number of amides is 1. The van der Waals surface area contributed by atoms with Gasteiger partial charge in [0, 0.05) is 11.3 Å². The molecule has 1 aromatic carbocycles. The van der Waals surface area contributed by atoms with Gasteiger partial charge in [-0.2, -0.15) is 5.10 Å². The summed E-state index contributed by atoms with van der Waals surface area (Å²) in [5, 5.41) is 9.29. The highest BCUT2D eigenvalue weighted by Gasteiger charge is 2.22. The number of aromatic amines is 1. The zero-order valence-corrected chi connectivity index (χ0v) is 15.2. The summed E-state index contributed by atoms with van der Waals surface area (Å²) in [7, 11) is 0. The Morgan fingerprint density at radius 1 is 1.38 bits per heavy atom. The molecule has 2 aromatic rings. The van der Waals surface area contributed by atoms with Crippen LogP contribution in [0.3, 0.4) is 0 Å². The molecular weight excluding hydrogens is 332 g/mol. The van der Waals surface area contributed by atoms with E-state index < -0.39 is 17.7 Å². The normalized spacial score (nSPS) is 12.3. The number of benzene rings is 1. The Morgan fingerprint density at radius 2 is 2.08 bits per heavy atom. The molecule has 2 rings (SSSR count). The summed E-state index contributed by atoms with van der Waals surface area (Å²) >= 11 is 0. The van der Waals surface area contributed by atoms with Crippen molar-refractivity contribution in [2.45, 2.75) is 38.8 Å². The summed E-state index contributed by atoms with van der Waals surface area (Å²) in [5.41, 5.74) is 6.95. The molecule has 0 fully saturated rings. The van der Waals surface area contributed by atoms with Crippen LogP contribution in [-0.2, 0) is 4.74 Å². The second-order valence-corrected chi connectivity index (χ2v) is 6.85. The van der Waals surface area contributed by atoms with Gasteiger partial charge in [0.2, 0.25) is 0 Å². The van der Waals surface area contributed by atoms with Gasteiger partial charge in [0.15, 0.2) is 0 Å². The Morgan fingerprint density at radius 3 is 2.69 bits per heavy atom. The van der Waals surface area contributed by atoms with Crippen LogP contribution in [0.4, 0.5) is 10.5 Å². The zero-order chi connectivity index (χ0) is 19.3. The van der Waals surface area contributed by atoms with Gasteiger partial charge < -0.3 is 15.8 Å². The minimum atomic E-state index is -0.620. The lowest BCUT2D eigenvalue weighted by atomic mass is 10.0. The summed E-state index contributed by atoms with van der Waals surface area (Å²) in [5.74, 6) is 0. The minimum absolute atomic E-state index is 0.360. The summed E-state index contributed by atoms with van der Waals surface area (Å²) in [6.07, 6.45) is 1.51. The van der Waals surface area contributed by atoms with E-state index in [4.69, 9.17) is 10.5 Å². The number of aromatic nitrogens is 2.